The molecule has 0 bridgehead atoms. The maximum Gasteiger partial charge on any atom is 0.139 e. The first-order valence-electron chi connectivity index (χ1n) is 4.82. The first-order chi connectivity index (χ1) is 5.62. The first kappa shape index (κ1) is 8.03. The molecule has 0 saturated heterocycles. The Kier molecular flexibility index (Phi) is 1.64. The van der Waals surface area contributed by atoms with Gasteiger partial charge in [-0.05, 0) is 24.7 Å². The van der Waals surface area contributed by atoms with Gasteiger partial charge >= 0.3 is 0 Å². The minimum atomic E-state index is -0.0462. The predicted molar refractivity (Wildman–Crippen MR) is 48.8 cm³/mol. The highest BCUT2D eigenvalue weighted by Crippen LogP contribution is 2.48. The molecule has 0 aliphatic heterocycles. The van der Waals surface area contributed by atoms with Gasteiger partial charge in [-0.15, -0.1) is 0 Å². The molecule has 0 aromatic carbocycles. The Labute approximate surface area is 73.8 Å². The number of hydrogen-bond acceptors (Lipinski definition) is 1. The molecule has 2 rings (SSSR count). The number of fused-ring (bicyclic) bond motifs is 1. The van der Waals surface area contributed by atoms with E-state index in [1.165, 1.54) is 6.42 Å². The molecule has 2 aliphatic rings. The third-order valence-corrected chi connectivity index (χ3v) is 3.61. The third kappa shape index (κ3) is 0.954. The number of ketones is 1. The minimum absolute atomic E-state index is 0.0462. The van der Waals surface area contributed by atoms with Crippen molar-refractivity contribution < 1.29 is 4.79 Å². The summed E-state index contributed by atoms with van der Waals surface area (Å²) in [5, 5.41) is 0. The number of hydrogen-bond donors (Lipinski definition) is 0. The van der Waals surface area contributed by atoms with Gasteiger partial charge < -0.3 is 0 Å². The van der Waals surface area contributed by atoms with Crippen molar-refractivity contribution in [1.82, 2.24) is 0 Å². The van der Waals surface area contributed by atoms with E-state index in [0.29, 0.717) is 17.6 Å². The fraction of sp³-hybridized carbons (Fsp3) is 0.727. The number of rotatable bonds is 0. The Hall–Kier alpha value is -0.590. The molecule has 66 valence electrons. The van der Waals surface area contributed by atoms with Crippen molar-refractivity contribution in [1.29, 1.82) is 0 Å². The quantitative estimate of drug-likeness (QED) is 0.503. The van der Waals surface area contributed by atoms with Crippen LogP contribution in [0.4, 0.5) is 0 Å². The molecule has 0 radical (unpaired) electrons. The van der Waals surface area contributed by atoms with Gasteiger partial charge in [-0.25, -0.2) is 0 Å². The van der Waals surface area contributed by atoms with E-state index in [-0.39, 0.29) is 5.41 Å². The molecule has 12 heavy (non-hydrogen) atoms. The standard InChI is InChI=1S/C11H16O/c1-11(2)9-6-4-3-5-8(9)7-10(11)12/h3,5,8-9H,4,6-7H2,1-2H3. The van der Waals surface area contributed by atoms with Crippen molar-refractivity contribution in [3.05, 3.63) is 12.2 Å². The first-order valence-corrected chi connectivity index (χ1v) is 4.82. The van der Waals surface area contributed by atoms with E-state index >= 15 is 0 Å². The molecule has 0 aromatic rings. The second-order valence-corrected chi connectivity index (χ2v) is 4.62. The average Bonchev–Trinajstić information content (AvgIpc) is 2.25. The summed E-state index contributed by atoms with van der Waals surface area (Å²) < 4.78 is 0. The van der Waals surface area contributed by atoms with E-state index in [9.17, 15) is 4.79 Å². The van der Waals surface area contributed by atoms with E-state index < -0.39 is 0 Å². The van der Waals surface area contributed by atoms with Crippen molar-refractivity contribution in [2.24, 2.45) is 17.3 Å². The Morgan fingerprint density at radius 2 is 2.25 bits per heavy atom. The Morgan fingerprint density at radius 1 is 1.50 bits per heavy atom. The zero-order valence-corrected chi connectivity index (χ0v) is 7.84. The largest absolute Gasteiger partial charge is 0.299 e. The molecule has 0 heterocycles. The van der Waals surface area contributed by atoms with Crippen LogP contribution in [0.1, 0.15) is 33.1 Å². The van der Waals surface area contributed by atoms with Crippen LogP contribution in [0, 0.1) is 17.3 Å². The van der Waals surface area contributed by atoms with E-state index in [1.807, 2.05) is 0 Å². The van der Waals surface area contributed by atoms with E-state index in [0.717, 1.165) is 12.8 Å². The van der Waals surface area contributed by atoms with Crippen molar-refractivity contribution in [3.63, 3.8) is 0 Å². The van der Waals surface area contributed by atoms with Gasteiger partial charge in [0, 0.05) is 11.8 Å². The molecular formula is C11H16O. The van der Waals surface area contributed by atoms with Crippen molar-refractivity contribution in [3.8, 4) is 0 Å². The summed E-state index contributed by atoms with van der Waals surface area (Å²) in [6.07, 6.45) is 7.64. The number of carbonyl (C=O) groups is 1. The molecule has 2 unspecified atom stereocenters. The van der Waals surface area contributed by atoms with Crippen LogP contribution in [0.15, 0.2) is 12.2 Å². The summed E-state index contributed by atoms with van der Waals surface area (Å²) in [6.45, 7) is 4.22. The lowest BCUT2D eigenvalue weighted by Crippen LogP contribution is -2.27. The van der Waals surface area contributed by atoms with Crippen LogP contribution in [-0.4, -0.2) is 5.78 Å². The van der Waals surface area contributed by atoms with Gasteiger partial charge in [0.2, 0.25) is 0 Å². The summed E-state index contributed by atoms with van der Waals surface area (Å²) in [4.78, 5) is 11.6. The monoisotopic (exact) mass is 164 g/mol. The van der Waals surface area contributed by atoms with Gasteiger partial charge in [0.1, 0.15) is 5.78 Å². The van der Waals surface area contributed by atoms with Crippen molar-refractivity contribution >= 4 is 5.78 Å². The minimum Gasteiger partial charge on any atom is -0.299 e. The summed E-state index contributed by atoms with van der Waals surface area (Å²) in [5.74, 6) is 1.64. The highest BCUT2D eigenvalue weighted by Gasteiger charge is 2.47. The number of Topliss-reactive ketones (excluding diaryl/α,β-unsaturated/α-hetero) is 1. The summed E-state index contributed by atoms with van der Waals surface area (Å²) >= 11 is 0. The Balaban J connectivity index is 2.30. The molecular weight excluding hydrogens is 148 g/mol. The van der Waals surface area contributed by atoms with Crippen LogP contribution in [0.3, 0.4) is 0 Å². The lowest BCUT2D eigenvalue weighted by molar-refractivity contribution is -0.125. The maximum absolute atomic E-state index is 11.6. The maximum atomic E-state index is 11.6. The molecule has 0 spiro atoms. The lowest BCUT2D eigenvalue weighted by Gasteiger charge is -2.29. The molecule has 1 fully saturated rings. The number of allylic oxidation sites excluding steroid dienone is 2. The molecule has 2 aliphatic carbocycles. The van der Waals surface area contributed by atoms with Crippen LogP contribution in [0.2, 0.25) is 0 Å². The second kappa shape index (κ2) is 2.45. The van der Waals surface area contributed by atoms with Gasteiger partial charge in [-0.2, -0.15) is 0 Å². The molecule has 1 nitrogen and oxygen atoms in total. The van der Waals surface area contributed by atoms with Crippen LogP contribution < -0.4 is 0 Å². The van der Waals surface area contributed by atoms with Crippen molar-refractivity contribution in [2.45, 2.75) is 33.1 Å². The molecule has 0 aromatic heterocycles. The van der Waals surface area contributed by atoms with Crippen LogP contribution in [0.5, 0.6) is 0 Å². The SMILES string of the molecule is CC1(C)C(=O)CC2C=CCCC21. The second-order valence-electron chi connectivity index (χ2n) is 4.62. The highest BCUT2D eigenvalue weighted by molar-refractivity contribution is 5.87. The van der Waals surface area contributed by atoms with Crippen LogP contribution in [0.25, 0.3) is 0 Å². The summed E-state index contributed by atoms with van der Waals surface area (Å²) in [6, 6.07) is 0. The molecule has 0 amide bonds. The average molecular weight is 164 g/mol. The molecule has 1 saturated carbocycles. The lowest BCUT2D eigenvalue weighted by atomic mass is 9.74. The van der Waals surface area contributed by atoms with Crippen molar-refractivity contribution in [2.75, 3.05) is 0 Å². The van der Waals surface area contributed by atoms with Gasteiger partial charge in [0.15, 0.2) is 0 Å². The summed E-state index contributed by atoms with van der Waals surface area (Å²) in [7, 11) is 0. The predicted octanol–water partition coefficient (Wildman–Crippen LogP) is 2.57. The van der Waals surface area contributed by atoms with E-state index in [4.69, 9.17) is 0 Å². The van der Waals surface area contributed by atoms with Gasteiger partial charge in [0.25, 0.3) is 0 Å². The Bertz CT molecular complexity index is 237. The zero-order valence-electron chi connectivity index (χ0n) is 7.84. The van der Waals surface area contributed by atoms with Gasteiger partial charge in [0.05, 0.1) is 0 Å². The topological polar surface area (TPSA) is 17.1 Å². The van der Waals surface area contributed by atoms with E-state index in [1.54, 1.807) is 0 Å². The molecule has 0 N–H and O–H groups in total. The Morgan fingerprint density at radius 3 is 2.92 bits per heavy atom. The fourth-order valence-electron chi connectivity index (χ4n) is 2.69. The zero-order chi connectivity index (χ0) is 8.77. The van der Waals surface area contributed by atoms with Gasteiger partial charge in [-0.3, -0.25) is 4.79 Å². The van der Waals surface area contributed by atoms with Crippen LogP contribution >= 0.6 is 0 Å². The highest BCUT2D eigenvalue weighted by atomic mass is 16.1. The normalized spacial score (nSPS) is 38.3. The molecule has 2 atom stereocenters. The smallest absolute Gasteiger partial charge is 0.139 e. The summed E-state index contributed by atoms with van der Waals surface area (Å²) in [5.41, 5.74) is -0.0462. The van der Waals surface area contributed by atoms with E-state index in [2.05, 4.69) is 26.0 Å². The van der Waals surface area contributed by atoms with Gasteiger partial charge in [-0.1, -0.05) is 26.0 Å². The third-order valence-electron chi connectivity index (χ3n) is 3.61. The van der Waals surface area contributed by atoms with Crippen LogP contribution in [-0.2, 0) is 4.79 Å². The fourth-order valence-corrected chi connectivity index (χ4v) is 2.69. The molecule has 1 heteroatoms. The number of carbonyl (C=O) groups excluding carboxylic acids is 1.